The van der Waals surface area contributed by atoms with Crippen LogP contribution in [-0.4, -0.2) is 37.0 Å². The number of amides is 1. The summed E-state index contributed by atoms with van der Waals surface area (Å²) in [5.74, 6) is 0.311. The third-order valence-corrected chi connectivity index (χ3v) is 5.33. The average Bonchev–Trinajstić information content (AvgIpc) is 3.08. The standard InChI is InChI=1S/C19H24N2OS/c1-16-5-2-6-17(15-16)20-10-12-21(13-11-20)19(22)9-3-7-18-8-4-14-23-18/h2,4-6,8,14-15H,3,7,9-13H2,1H3. The molecule has 0 aliphatic carbocycles. The van der Waals surface area contributed by atoms with Gasteiger partial charge in [-0.2, -0.15) is 0 Å². The van der Waals surface area contributed by atoms with Gasteiger partial charge in [0.2, 0.25) is 5.91 Å². The quantitative estimate of drug-likeness (QED) is 0.835. The average molecular weight is 328 g/mol. The van der Waals surface area contributed by atoms with Gasteiger partial charge in [-0.1, -0.05) is 18.2 Å². The topological polar surface area (TPSA) is 23.6 Å². The second kappa shape index (κ2) is 7.64. The van der Waals surface area contributed by atoms with Crippen LogP contribution in [0.5, 0.6) is 0 Å². The molecule has 0 N–H and O–H groups in total. The Bertz CT molecular complexity index is 631. The van der Waals surface area contributed by atoms with Gasteiger partial charge < -0.3 is 9.80 Å². The maximum atomic E-state index is 12.3. The number of anilines is 1. The van der Waals surface area contributed by atoms with Crippen LogP contribution in [0.25, 0.3) is 0 Å². The fourth-order valence-corrected chi connectivity index (χ4v) is 3.82. The molecule has 0 atom stereocenters. The summed E-state index contributed by atoms with van der Waals surface area (Å²) < 4.78 is 0. The molecule has 1 aliphatic rings. The van der Waals surface area contributed by atoms with E-state index in [4.69, 9.17) is 0 Å². The van der Waals surface area contributed by atoms with E-state index in [1.807, 2.05) is 4.90 Å². The molecule has 23 heavy (non-hydrogen) atoms. The first-order valence-corrected chi connectivity index (χ1v) is 9.22. The maximum Gasteiger partial charge on any atom is 0.222 e. The Hall–Kier alpha value is -1.81. The predicted molar refractivity (Wildman–Crippen MR) is 97.2 cm³/mol. The predicted octanol–water partition coefficient (Wildman–Crippen LogP) is 3.73. The Morgan fingerprint density at radius 1 is 1.13 bits per heavy atom. The molecule has 0 spiro atoms. The molecule has 1 aromatic carbocycles. The normalized spacial score (nSPS) is 15.0. The van der Waals surface area contributed by atoms with E-state index >= 15 is 0 Å². The second-order valence-corrected chi connectivity index (χ2v) is 7.17. The zero-order valence-electron chi connectivity index (χ0n) is 13.7. The van der Waals surface area contributed by atoms with Crippen LogP contribution in [-0.2, 0) is 11.2 Å². The second-order valence-electron chi connectivity index (χ2n) is 6.14. The number of nitrogens with zero attached hydrogens (tertiary/aromatic N) is 2. The summed E-state index contributed by atoms with van der Waals surface area (Å²) in [6.45, 7) is 5.66. The van der Waals surface area contributed by atoms with E-state index in [-0.39, 0.29) is 0 Å². The van der Waals surface area contributed by atoms with Crippen molar-refractivity contribution in [2.75, 3.05) is 31.1 Å². The van der Waals surface area contributed by atoms with Crippen molar-refractivity contribution in [3.63, 3.8) is 0 Å². The Balaban J connectivity index is 1.44. The molecule has 2 aromatic rings. The van der Waals surface area contributed by atoms with Crippen molar-refractivity contribution < 1.29 is 4.79 Å². The highest BCUT2D eigenvalue weighted by Crippen LogP contribution is 2.18. The molecule has 4 heteroatoms. The van der Waals surface area contributed by atoms with Crippen LogP contribution >= 0.6 is 11.3 Å². The first kappa shape index (κ1) is 16.1. The highest BCUT2D eigenvalue weighted by atomic mass is 32.1. The lowest BCUT2D eigenvalue weighted by molar-refractivity contribution is -0.131. The van der Waals surface area contributed by atoms with Gasteiger partial charge in [-0.3, -0.25) is 4.79 Å². The van der Waals surface area contributed by atoms with Crippen LogP contribution in [0.4, 0.5) is 5.69 Å². The number of rotatable bonds is 5. The number of hydrogen-bond donors (Lipinski definition) is 0. The van der Waals surface area contributed by atoms with E-state index in [1.54, 1.807) is 11.3 Å². The van der Waals surface area contributed by atoms with Crippen LogP contribution in [0.3, 0.4) is 0 Å². The summed E-state index contributed by atoms with van der Waals surface area (Å²) in [6.07, 6.45) is 2.65. The molecule has 1 saturated heterocycles. The van der Waals surface area contributed by atoms with Gasteiger partial charge in [0.05, 0.1) is 0 Å². The molecule has 1 aliphatic heterocycles. The molecule has 1 amide bonds. The third kappa shape index (κ3) is 4.35. The van der Waals surface area contributed by atoms with Crippen molar-refractivity contribution >= 4 is 22.9 Å². The fraction of sp³-hybridized carbons (Fsp3) is 0.421. The van der Waals surface area contributed by atoms with E-state index in [2.05, 4.69) is 53.6 Å². The highest BCUT2D eigenvalue weighted by molar-refractivity contribution is 7.09. The van der Waals surface area contributed by atoms with Crippen LogP contribution in [0.1, 0.15) is 23.3 Å². The van der Waals surface area contributed by atoms with E-state index in [0.717, 1.165) is 39.0 Å². The summed E-state index contributed by atoms with van der Waals surface area (Å²) in [5.41, 5.74) is 2.56. The van der Waals surface area contributed by atoms with Gasteiger partial charge in [0.25, 0.3) is 0 Å². The Kier molecular flexibility index (Phi) is 5.34. The van der Waals surface area contributed by atoms with Crippen molar-refractivity contribution in [2.45, 2.75) is 26.2 Å². The number of aryl methyl sites for hydroxylation is 2. The smallest absolute Gasteiger partial charge is 0.222 e. The molecule has 0 saturated carbocycles. The largest absolute Gasteiger partial charge is 0.368 e. The Morgan fingerprint density at radius 3 is 2.65 bits per heavy atom. The van der Waals surface area contributed by atoms with Crippen LogP contribution < -0.4 is 4.90 Å². The molecule has 122 valence electrons. The first-order valence-electron chi connectivity index (χ1n) is 8.34. The monoisotopic (exact) mass is 328 g/mol. The molecular formula is C19H24N2OS. The van der Waals surface area contributed by atoms with Crippen LogP contribution in [0.2, 0.25) is 0 Å². The van der Waals surface area contributed by atoms with Gasteiger partial charge in [-0.05, 0) is 48.9 Å². The Morgan fingerprint density at radius 2 is 1.96 bits per heavy atom. The number of hydrogen-bond acceptors (Lipinski definition) is 3. The number of piperazine rings is 1. The van der Waals surface area contributed by atoms with Gasteiger partial charge in [-0.15, -0.1) is 11.3 Å². The number of thiophene rings is 1. The fourth-order valence-electron chi connectivity index (χ4n) is 3.07. The number of carbonyl (C=O) groups excluding carboxylic acids is 1. The minimum atomic E-state index is 0.311. The van der Waals surface area contributed by atoms with E-state index in [0.29, 0.717) is 12.3 Å². The SMILES string of the molecule is Cc1cccc(N2CCN(C(=O)CCCc3cccs3)CC2)c1. The van der Waals surface area contributed by atoms with Crippen LogP contribution in [0, 0.1) is 6.92 Å². The summed E-state index contributed by atoms with van der Waals surface area (Å²) in [6, 6.07) is 12.8. The molecule has 3 nitrogen and oxygen atoms in total. The Labute approximate surface area is 142 Å². The lowest BCUT2D eigenvalue weighted by atomic mass is 10.1. The maximum absolute atomic E-state index is 12.3. The number of benzene rings is 1. The lowest BCUT2D eigenvalue weighted by Crippen LogP contribution is -2.48. The van der Waals surface area contributed by atoms with Gasteiger partial charge in [-0.25, -0.2) is 0 Å². The third-order valence-electron chi connectivity index (χ3n) is 4.39. The zero-order chi connectivity index (χ0) is 16.1. The van der Waals surface area contributed by atoms with Gasteiger partial charge in [0, 0.05) is 43.2 Å². The van der Waals surface area contributed by atoms with Crippen LogP contribution in [0.15, 0.2) is 41.8 Å². The minimum absolute atomic E-state index is 0.311. The zero-order valence-corrected chi connectivity index (χ0v) is 14.5. The molecule has 0 bridgehead atoms. The lowest BCUT2D eigenvalue weighted by Gasteiger charge is -2.36. The molecule has 0 radical (unpaired) electrons. The summed E-state index contributed by atoms with van der Waals surface area (Å²) >= 11 is 1.78. The molecule has 1 aromatic heterocycles. The highest BCUT2D eigenvalue weighted by Gasteiger charge is 2.20. The van der Waals surface area contributed by atoms with Crippen molar-refractivity contribution in [3.8, 4) is 0 Å². The summed E-state index contributed by atoms with van der Waals surface area (Å²) in [7, 11) is 0. The van der Waals surface area contributed by atoms with E-state index in [1.165, 1.54) is 16.1 Å². The van der Waals surface area contributed by atoms with Gasteiger partial charge >= 0.3 is 0 Å². The molecule has 2 heterocycles. The summed E-state index contributed by atoms with van der Waals surface area (Å²) in [5, 5.41) is 2.10. The number of carbonyl (C=O) groups is 1. The van der Waals surface area contributed by atoms with Gasteiger partial charge in [0.1, 0.15) is 0 Å². The summed E-state index contributed by atoms with van der Waals surface area (Å²) in [4.78, 5) is 18.1. The molecule has 3 rings (SSSR count). The molecule has 0 unspecified atom stereocenters. The van der Waals surface area contributed by atoms with Crippen molar-refractivity contribution in [3.05, 3.63) is 52.2 Å². The van der Waals surface area contributed by atoms with E-state index in [9.17, 15) is 4.79 Å². The molecular weight excluding hydrogens is 304 g/mol. The first-order chi connectivity index (χ1) is 11.2. The van der Waals surface area contributed by atoms with E-state index < -0.39 is 0 Å². The van der Waals surface area contributed by atoms with Crippen molar-refractivity contribution in [2.24, 2.45) is 0 Å². The minimum Gasteiger partial charge on any atom is -0.368 e. The van der Waals surface area contributed by atoms with Crippen molar-refractivity contribution in [1.29, 1.82) is 0 Å². The van der Waals surface area contributed by atoms with Crippen molar-refractivity contribution in [1.82, 2.24) is 4.90 Å². The molecule has 1 fully saturated rings. The van der Waals surface area contributed by atoms with Gasteiger partial charge in [0.15, 0.2) is 0 Å².